The predicted octanol–water partition coefficient (Wildman–Crippen LogP) is 4.90. The molecular formula is C27H35F2N7O2. The molecule has 1 saturated carbocycles. The standard InChI is InChI=1S/C27H35F2N7O2/c1-27(2,37)18-10-19(28)20(29)11-22(18)33-25-31-14-32-26(35-25)34-23-12-21(30)17(9-24(23)38-5)16-8-6-7-15(16)13-36(3)4/h9-12,14-16,37H,6-8,13,30H2,1-5H3,(H2,31,32,33,34,35)/t15-,16?/m1/s1. The first-order valence-corrected chi connectivity index (χ1v) is 12.5. The molecule has 1 aromatic heterocycles. The summed E-state index contributed by atoms with van der Waals surface area (Å²) in [6, 6.07) is 5.70. The van der Waals surface area contributed by atoms with Gasteiger partial charge in [-0.3, -0.25) is 0 Å². The normalized spacial score (nSPS) is 17.6. The number of nitrogens with zero attached hydrogens (tertiary/aromatic N) is 4. The smallest absolute Gasteiger partial charge is 0.232 e. The Balaban J connectivity index is 1.60. The maximum absolute atomic E-state index is 14.0. The lowest BCUT2D eigenvalue weighted by atomic mass is 9.87. The molecule has 204 valence electrons. The van der Waals surface area contributed by atoms with Crippen LogP contribution >= 0.6 is 0 Å². The number of aromatic nitrogens is 3. The Morgan fingerprint density at radius 1 is 1.05 bits per heavy atom. The highest BCUT2D eigenvalue weighted by molar-refractivity contribution is 5.71. The number of nitrogens with one attached hydrogen (secondary N) is 2. The number of ether oxygens (including phenoxy) is 1. The Labute approximate surface area is 221 Å². The molecule has 0 bridgehead atoms. The predicted molar refractivity (Wildman–Crippen MR) is 144 cm³/mol. The minimum Gasteiger partial charge on any atom is -0.495 e. The molecule has 3 aromatic rings. The van der Waals surface area contributed by atoms with Crippen LogP contribution in [0.3, 0.4) is 0 Å². The highest BCUT2D eigenvalue weighted by Gasteiger charge is 2.31. The van der Waals surface area contributed by atoms with E-state index in [4.69, 9.17) is 10.5 Å². The third-order valence-electron chi connectivity index (χ3n) is 6.85. The van der Waals surface area contributed by atoms with Crippen molar-refractivity contribution < 1.29 is 18.6 Å². The van der Waals surface area contributed by atoms with Crippen molar-refractivity contribution in [3.8, 4) is 5.75 Å². The van der Waals surface area contributed by atoms with Crippen molar-refractivity contribution in [1.29, 1.82) is 0 Å². The van der Waals surface area contributed by atoms with Gasteiger partial charge in [-0.1, -0.05) is 6.42 Å². The van der Waals surface area contributed by atoms with Gasteiger partial charge >= 0.3 is 0 Å². The quantitative estimate of drug-likeness (QED) is 0.288. The molecule has 1 aliphatic rings. The molecule has 0 aliphatic heterocycles. The number of hydrogen-bond donors (Lipinski definition) is 4. The number of nitrogen functional groups attached to an aromatic ring is 1. The van der Waals surface area contributed by atoms with E-state index in [1.54, 1.807) is 7.11 Å². The fraction of sp³-hybridized carbons (Fsp3) is 0.444. The third kappa shape index (κ3) is 6.11. The average molecular weight is 528 g/mol. The van der Waals surface area contributed by atoms with Gasteiger partial charge in [0.15, 0.2) is 11.6 Å². The molecule has 2 aromatic carbocycles. The van der Waals surface area contributed by atoms with Crippen LogP contribution in [-0.2, 0) is 5.60 Å². The number of hydrogen-bond acceptors (Lipinski definition) is 9. The fourth-order valence-electron chi connectivity index (χ4n) is 5.15. The van der Waals surface area contributed by atoms with Crippen LogP contribution in [0.25, 0.3) is 0 Å². The second kappa shape index (κ2) is 11.0. The van der Waals surface area contributed by atoms with Crippen LogP contribution in [0.15, 0.2) is 30.6 Å². The molecule has 0 saturated heterocycles. The number of rotatable bonds is 9. The van der Waals surface area contributed by atoms with E-state index >= 15 is 0 Å². The first-order chi connectivity index (χ1) is 18.0. The van der Waals surface area contributed by atoms with Gasteiger partial charge in [0.1, 0.15) is 12.1 Å². The summed E-state index contributed by atoms with van der Waals surface area (Å²) < 4.78 is 33.5. The summed E-state index contributed by atoms with van der Waals surface area (Å²) in [5, 5.41) is 16.4. The summed E-state index contributed by atoms with van der Waals surface area (Å²) in [7, 11) is 5.76. The van der Waals surface area contributed by atoms with Crippen molar-refractivity contribution in [3.63, 3.8) is 0 Å². The number of halogens is 2. The van der Waals surface area contributed by atoms with E-state index in [0.717, 1.165) is 30.7 Å². The molecule has 1 unspecified atom stereocenters. The van der Waals surface area contributed by atoms with Gasteiger partial charge in [-0.25, -0.2) is 18.7 Å². The Kier molecular flexibility index (Phi) is 7.98. The van der Waals surface area contributed by atoms with E-state index in [1.807, 2.05) is 12.1 Å². The fourth-order valence-corrected chi connectivity index (χ4v) is 5.15. The molecule has 1 heterocycles. The maximum Gasteiger partial charge on any atom is 0.232 e. The van der Waals surface area contributed by atoms with Gasteiger partial charge in [0.05, 0.1) is 24.1 Å². The second-order valence-electron chi connectivity index (χ2n) is 10.5. The molecule has 0 amide bonds. The molecule has 0 spiro atoms. The van der Waals surface area contributed by atoms with Gasteiger partial charge in [0, 0.05) is 23.9 Å². The Bertz CT molecular complexity index is 1300. The zero-order valence-corrected chi connectivity index (χ0v) is 22.3. The summed E-state index contributed by atoms with van der Waals surface area (Å²) in [4.78, 5) is 14.8. The van der Waals surface area contributed by atoms with Crippen molar-refractivity contribution in [2.45, 2.75) is 44.6 Å². The number of benzene rings is 2. The lowest BCUT2D eigenvalue weighted by molar-refractivity contribution is 0.0789. The molecule has 4 rings (SSSR count). The number of methoxy groups -OCH3 is 1. The molecule has 1 fully saturated rings. The topological polar surface area (TPSA) is 121 Å². The van der Waals surface area contributed by atoms with Crippen LogP contribution in [0.5, 0.6) is 5.75 Å². The average Bonchev–Trinajstić information content (AvgIpc) is 3.28. The lowest BCUT2D eigenvalue weighted by Crippen LogP contribution is -2.24. The van der Waals surface area contributed by atoms with Crippen LogP contribution in [-0.4, -0.2) is 52.7 Å². The first kappa shape index (κ1) is 27.5. The van der Waals surface area contributed by atoms with Crippen molar-refractivity contribution >= 4 is 29.0 Å². The van der Waals surface area contributed by atoms with Crippen molar-refractivity contribution in [3.05, 3.63) is 53.4 Å². The zero-order chi connectivity index (χ0) is 27.6. The third-order valence-corrected chi connectivity index (χ3v) is 6.85. The highest BCUT2D eigenvalue weighted by Crippen LogP contribution is 2.45. The van der Waals surface area contributed by atoms with Gasteiger partial charge in [-0.15, -0.1) is 0 Å². The van der Waals surface area contributed by atoms with Crippen LogP contribution in [0.2, 0.25) is 0 Å². The lowest BCUT2D eigenvalue weighted by Gasteiger charge is -2.25. The van der Waals surface area contributed by atoms with Gasteiger partial charge in [0.2, 0.25) is 11.9 Å². The number of anilines is 5. The summed E-state index contributed by atoms with van der Waals surface area (Å²) in [6.45, 7) is 3.94. The van der Waals surface area contributed by atoms with Crippen LogP contribution in [0.4, 0.5) is 37.7 Å². The van der Waals surface area contributed by atoms with Crippen LogP contribution in [0.1, 0.15) is 50.2 Å². The minimum absolute atomic E-state index is 0.0695. The van der Waals surface area contributed by atoms with E-state index in [1.165, 1.54) is 33.0 Å². The number of nitrogens with two attached hydrogens (primary N) is 1. The van der Waals surface area contributed by atoms with Crippen LogP contribution in [0, 0.1) is 17.6 Å². The highest BCUT2D eigenvalue weighted by atomic mass is 19.2. The van der Waals surface area contributed by atoms with E-state index < -0.39 is 17.2 Å². The molecule has 2 atom stereocenters. The second-order valence-corrected chi connectivity index (χ2v) is 10.5. The summed E-state index contributed by atoms with van der Waals surface area (Å²) >= 11 is 0. The molecule has 9 nitrogen and oxygen atoms in total. The van der Waals surface area contributed by atoms with Crippen LogP contribution < -0.4 is 21.1 Å². The van der Waals surface area contributed by atoms with E-state index in [2.05, 4.69) is 44.6 Å². The summed E-state index contributed by atoms with van der Waals surface area (Å²) in [6.07, 6.45) is 4.69. The van der Waals surface area contributed by atoms with E-state index in [0.29, 0.717) is 29.0 Å². The monoisotopic (exact) mass is 527 g/mol. The maximum atomic E-state index is 14.0. The van der Waals surface area contributed by atoms with Gasteiger partial charge in [0.25, 0.3) is 0 Å². The first-order valence-electron chi connectivity index (χ1n) is 12.5. The van der Waals surface area contributed by atoms with Gasteiger partial charge in [-0.05, 0) is 76.4 Å². The van der Waals surface area contributed by atoms with Crippen molar-refractivity contribution in [1.82, 2.24) is 19.9 Å². The van der Waals surface area contributed by atoms with Gasteiger partial charge < -0.3 is 31.1 Å². The summed E-state index contributed by atoms with van der Waals surface area (Å²) in [5.74, 6) is -0.392. The Hall–Kier alpha value is -3.57. The zero-order valence-electron chi connectivity index (χ0n) is 22.3. The summed E-state index contributed by atoms with van der Waals surface area (Å²) in [5.41, 5.74) is 7.68. The minimum atomic E-state index is -1.44. The molecule has 38 heavy (non-hydrogen) atoms. The molecule has 0 radical (unpaired) electrons. The van der Waals surface area contributed by atoms with Crippen molar-refractivity contribution in [2.24, 2.45) is 5.92 Å². The largest absolute Gasteiger partial charge is 0.495 e. The molecule has 1 aliphatic carbocycles. The Morgan fingerprint density at radius 3 is 2.34 bits per heavy atom. The number of aliphatic hydroxyl groups is 1. The Morgan fingerprint density at radius 2 is 1.71 bits per heavy atom. The molecule has 11 heteroatoms. The van der Waals surface area contributed by atoms with Crippen molar-refractivity contribution in [2.75, 3.05) is 44.1 Å². The SMILES string of the molecule is COc1cc(C2CCC[C@@H]2CN(C)C)c(N)cc1Nc1ncnc(Nc2cc(F)c(F)cc2C(C)(C)O)n1. The van der Waals surface area contributed by atoms with E-state index in [-0.39, 0.29) is 23.1 Å². The van der Waals surface area contributed by atoms with Gasteiger partial charge in [-0.2, -0.15) is 4.98 Å². The molecular weight excluding hydrogens is 492 g/mol. The molecule has 5 N–H and O–H groups in total. The van der Waals surface area contributed by atoms with E-state index in [9.17, 15) is 13.9 Å².